The zero-order valence-electron chi connectivity index (χ0n) is 22.6. The van der Waals surface area contributed by atoms with Crippen molar-refractivity contribution in [2.24, 2.45) is 0 Å². The molecule has 0 radical (unpaired) electrons. The summed E-state index contributed by atoms with van der Waals surface area (Å²) in [6, 6.07) is 10.8. The van der Waals surface area contributed by atoms with Crippen LogP contribution in [0.25, 0.3) is 0 Å². The van der Waals surface area contributed by atoms with Gasteiger partial charge in [-0.05, 0) is 42.5 Å². The molecule has 2 aliphatic rings. The van der Waals surface area contributed by atoms with Crippen molar-refractivity contribution in [1.82, 2.24) is 0 Å². The predicted octanol–water partition coefficient (Wildman–Crippen LogP) is -0.779. The molecule has 8 atom stereocenters. The van der Waals surface area contributed by atoms with Gasteiger partial charge >= 0.3 is 5.97 Å². The van der Waals surface area contributed by atoms with Gasteiger partial charge in [0.15, 0.2) is 23.4 Å². The third-order valence-electron chi connectivity index (χ3n) is 6.78. The number of ether oxygens (including phenoxy) is 8. The molecular formula is C27H34O14. The van der Waals surface area contributed by atoms with E-state index >= 15 is 0 Å². The minimum Gasteiger partial charge on any atom is -0.497 e. The zero-order valence-corrected chi connectivity index (χ0v) is 22.6. The normalized spacial score (nSPS) is 31.4. The lowest BCUT2D eigenvalue weighted by Gasteiger charge is -2.40. The van der Waals surface area contributed by atoms with Crippen molar-refractivity contribution in [3.63, 3.8) is 0 Å². The standard InChI is InChI=1S/C27H34O14/c1-34-15-5-7-16(8-6-15)40-25-22(30)21(29)20(28)19(41-25)11-37-26-23(31)27(33,13-39-26)12-38-24(32)14-4-9-17(35-2)18(10-14)36-3/h4-10,19-23,25-26,28-31,33H,11-13H2,1-3H3/t19-,20-,21+,22-,23+,25-,26-,27-/m1/s1. The van der Waals surface area contributed by atoms with Crippen molar-refractivity contribution in [3.8, 4) is 23.0 Å². The quantitative estimate of drug-likeness (QED) is 0.207. The summed E-state index contributed by atoms with van der Waals surface area (Å²) in [6.45, 7) is -1.47. The smallest absolute Gasteiger partial charge is 0.338 e. The van der Waals surface area contributed by atoms with Crippen LogP contribution < -0.4 is 18.9 Å². The highest BCUT2D eigenvalue weighted by molar-refractivity contribution is 5.90. The monoisotopic (exact) mass is 582 g/mol. The molecule has 2 aromatic rings. The molecular weight excluding hydrogens is 548 g/mol. The van der Waals surface area contributed by atoms with E-state index in [2.05, 4.69) is 0 Å². The Hall–Kier alpha value is -3.21. The molecule has 0 aliphatic carbocycles. The number of aliphatic hydroxyl groups excluding tert-OH is 4. The van der Waals surface area contributed by atoms with Crippen LogP contribution in [0.4, 0.5) is 0 Å². The molecule has 0 spiro atoms. The van der Waals surface area contributed by atoms with Crippen molar-refractivity contribution < 1.29 is 68.2 Å². The van der Waals surface area contributed by atoms with Crippen molar-refractivity contribution in [3.05, 3.63) is 48.0 Å². The summed E-state index contributed by atoms with van der Waals surface area (Å²) in [5.74, 6) is 0.815. The molecule has 2 heterocycles. The molecule has 2 saturated heterocycles. The van der Waals surface area contributed by atoms with Gasteiger partial charge in [-0.2, -0.15) is 0 Å². The third kappa shape index (κ3) is 6.82. The van der Waals surface area contributed by atoms with Gasteiger partial charge in [-0.25, -0.2) is 4.79 Å². The lowest BCUT2D eigenvalue weighted by atomic mass is 9.99. The number of carbonyl (C=O) groups excluding carboxylic acids is 1. The highest BCUT2D eigenvalue weighted by Crippen LogP contribution is 2.31. The van der Waals surface area contributed by atoms with Gasteiger partial charge in [0, 0.05) is 0 Å². The maximum Gasteiger partial charge on any atom is 0.338 e. The van der Waals surface area contributed by atoms with Gasteiger partial charge in [-0.3, -0.25) is 0 Å². The first-order valence-electron chi connectivity index (χ1n) is 12.6. The van der Waals surface area contributed by atoms with Crippen LogP contribution in [0.1, 0.15) is 10.4 Å². The minimum atomic E-state index is -2.00. The Kier molecular flexibility index (Phi) is 9.88. The summed E-state index contributed by atoms with van der Waals surface area (Å²) in [4.78, 5) is 12.5. The van der Waals surface area contributed by atoms with Crippen LogP contribution in [0.15, 0.2) is 42.5 Å². The molecule has 0 amide bonds. The van der Waals surface area contributed by atoms with Gasteiger partial charge in [0.2, 0.25) is 6.29 Å². The summed E-state index contributed by atoms with van der Waals surface area (Å²) < 4.78 is 42.7. The van der Waals surface area contributed by atoms with Crippen LogP contribution in [0, 0.1) is 0 Å². The summed E-state index contributed by atoms with van der Waals surface area (Å²) in [7, 11) is 4.37. The number of carbonyl (C=O) groups is 1. The van der Waals surface area contributed by atoms with E-state index in [1.807, 2.05) is 0 Å². The van der Waals surface area contributed by atoms with E-state index in [4.69, 9.17) is 37.9 Å². The average molecular weight is 583 g/mol. The van der Waals surface area contributed by atoms with E-state index in [0.717, 1.165) is 0 Å². The van der Waals surface area contributed by atoms with Gasteiger partial charge in [0.05, 0.1) is 40.1 Å². The largest absolute Gasteiger partial charge is 0.497 e. The predicted molar refractivity (Wildman–Crippen MR) is 137 cm³/mol. The summed E-state index contributed by atoms with van der Waals surface area (Å²) in [5.41, 5.74) is -1.87. The molecule has 4 rings (SSSR count). The Morgan fingerprint density at radius 3 is 2.22 bits per heavy atom. The molecule has 226 valence electrons. The van der Waals surface area contributed by atoms with E-state index in [9.17, 15) is 30.3 Å². The van der Waals surface area contributed by atoms with Crippen molar-refractivity contribution >= 4 is 5.97 Å². The maximum atomic E-state index is 12.5. The Labute approximate surface area is 235 Å². The molecule has 41 heavy (non-hydrogen) atoms. The van der Waals surface area contributed by atoms with Gasteiger partial charge in [0.1, 0.15) is 48.6 Å². The van der Waals surface area contributed by atoms with E-state index in [1.165, 1.54) is 39.5 Å². The van der Waals surface area contributed by atoms with Crippen LogP contribution in [0.5, 0.6) is 23.0 Å². The molecule has 0 unspecified atom stereocenters. The lowest BCUT2D eigenvalue weighted by molar-refractivity contribution is -0.289. The first-order chi connectivity index (χ1) is 19.6. The molecule has 14 heteroatoms. The molecule has 0 aromatic heterocycles. The Balaban J connectivity index is 1.32. The Morgan fingerprint density at radius 1 is 0.878 bits per heavy atom. The van der Waals surface area contributed by atoms with Gasteiger partial charge in [0.25, 0.3) is 0 Å². The second kappa shape index (κ2) is 13.2. The molecule has 0 saturated carbocycles. The minimum absolute atomic E-state index is 0.128. The maximum absolute atomic E-state index is 12.5. The lowest BCUT2D eigenvalue weighted by Crippen LogP contribution is -2.60. The number of methoxy groups -OCH3 is 3. The number of hydrogen-bond acceptors (Lipinski definition) is 14. The average Bonchev–Trinajstić information content (AvgIpc) is 3.28. The van der Waals surface area contributed by atoms with E-state index in [-0.39, 0.29) is 5.56 Å². The van der Waals surface area contributed by atoms with Crippen LogP contribution in [0.3, 0.4) is 0 Å². The van der Waals surface area contributed by atoms with Crippen molar-refractivity contribution in [2.75, 3.05) is 41.2 Å². The van der Waals surface area contributed by atoms with E-state index < -0.39 is 74.5 Å². The van der Waals surface area contributed by atoms with Gasteiger partial charge in [-0.1, -0.05) is 0 Å². The highest BCUT2D eigenvalue weighted by atomic mass is 16.7. The Bertz CT molecular complexity index is 1160. The topological polar surface area (TPSA) is 192 Å². The van der Waals surface area contributed by atoms with Crippen LogP contribution in [-0.2, 0) is 18.9 Å². The van der Waals surface area contributed by atoms with Crippen molar-refractivity contribution in [1.29, 1.82) is 0 Å². The molecule has 2 fully saturated rings. The summed E-state index contributed by atoms with van der Waals surface area (Å²) in [5, 5.41) is 52.6. The Morgan fingerprint density at radius 2 is 1.56 bits per heavy atom. The summed E-state index contributed by atoms with van der Waals surface area (Å²) in [6.07, 6.45) is -10.4. The fraction of sp³-hybridized carbons (Fsp3) is 0.519. The number of benzene rings is 2. The zero-order chi connectivity index (χ0) is 29.7. The summed E-state index contributed by atoms with van der Waals surface area (Å²) >= 11 is 0. The first kappa shape index (κ1) is 30.7. The fourth-order valence-electron chi connectivity index (χ4n) is 4.29. The first-order valence-corrected chi connectivity index (χ1v) is 12.6. The molecule has 5 N–H and O–H groups in total. The van der Waals surface area contributed by atoms with Gasteiger partial charge in [-0.15, -0.1) is 0 Å². The SMILES string of the molecule is COc1ccc(O[C@@H]2O[C@H](CO[C@@H]3OC[C@](O)(COC(=O)c4ccc(OC)c(OC)c4)[C@H]3O)[C@@H](O)[C@H](O)[C@H]2O)cc1. The number of aliphatic hydroxyl groups is 5. The highest BCUT2D eigenvalue weighted by Gasteiger charge is 2.51. The molecule has 2 aliphatic heterocycles. The van der Waals surface area contributed by atoms with Crippen LogP contribution in [0.2, 0.25) is 0 Å². The van der Waals surface area contributed by atoms with Crippen LogP contribution in [-0.4, -0.2) is 121 Å². The number of rotatable bonds is 11. The number of hydrogen-bond donors (Lipinski definition) is 5. The fourth-order valence-corrected chi connectivity index (χ4v) is 4.29. The van der Waals surface area contributed by atoms with Crippen LogP contribution >= 0.6 is 0 Å². The van der Waals surface area contributed by atoms with E-state index in [0.29, 0.717) is 23.0 Å². The van der Waals surface area contributed by atoms with Crippen molar-refractivity contribution in [2.45, 2.75) is 48.7 Å². The molecule has 2 aromatic carbocycles. The second-order valence-electron chi connectivity index (χ2n) is 9.52. The van der Waals surface area contributed by atoms with E-state index in [1.54, 1.807) is 24.3 Å². The second-order valence-corrected chi connectivity index (χ2v) is 9.52. The molecule has 0 bridgehead atoms. The van der Waals surface area contributed by atoms with Gasteiger partial charge < -0.3 is 63.4 Å². The number of esters is 1. The third-order valence-corrected chi connectivity index (χ3v) is 6.78. The molecule has 14 nitrogen and oxygen atoms in total.